The Hall–Kier alpha value is -4.03. The summed E-state index contributed by atoms with van der Waals surface area (Å²) < 4.78 is 2.03. The normalized spacial score (nSPS) is 10.1. The summed E-state index contributed by atoms with van der Waals surface area (Å²) in [6.07, 6.45) is 12.8. The van der Waals surface area contributed by atoms with Crippen LogP contribution < -0.4 is 0 Å². The summed E-state index contributed by atoms with van der Waals surface area (Å²) in [6.45, 7) is 0. The molecule has 0 saturated heterocycles. The van der Waals surface area contributed by atoms with Crippen LogP contribution in [0.4, 0.5) is 0 Å². The number of halogens is 1. The van der Waals surface area contributed by atoms with Gasteiger partial charge in [0.05, 0.1) is 11.0 Å². The maximum absolute atomic E-state index is 5.43. The molecule has 0 saturated carbocycles. The maximum atomic E-state index is 5.43. The molecule has 0 amide bonds. The van der Waals surface area contributed by atoms with Crippen molar-refractivity contribution < 1.29 is 0 Å². The lowest BCUT2D eigenvalue weighted by atomic mass is 10.3. The first-order chi connectivity index (χ1) is 15.3. The number of aromatic amines is 1. The van der Waals surface area contributed by atoms with E-state index >= 15 is 0 Å². The van der Waals surface area contributed by atoms with Crippen LogP contribution in [0.1, 0.15) is 0 Å². The van der Waals surface area contributed by atoms with E-state index in [9.17, 15) is 0 Å². The Balaban J connectivity index is 0.000000123. The van der Waals surface area contributed by atoms with Crippen LogP contribution in [0.15, 0.2) is 110 Å². The molecule has 6 heterocycles. The third kappa shape index (κ3) is 5.32. The molecule has 0 aliphatic rings. The molecule has 0 aliphatic heterocycles. The lowest BCUT2D eigenvalue weighted by Gasteiger charge is -2.02. The van der Waals surface area contributed by atoms with Crippen LogP contribution in [0, 0.1) is 0 Å². The third-order valence-electron chi connectivity index (χ3n) is 4.34. The van der Waals surface area contributed by atoms with Gasteiger partial charge in [-0.2, -0.15) is 0 Å². The molecule has 7 heteroatoms. The van der Waals surface area contributed by atoms with Crippen molar-refractivity contribution in [1.29, 1.82) is 0 Å². The van der Waals surface area contributed by atoms with Gasteiger partial charge in [0.2, 0.25) is 0 Å². The first-order valence-corrected chi connectivity index (χ1v) is 9.96. The van der Waals surface area contributed by atoms with Crippen LogP contribution in [-0.4, -0.2) is 29.5 Å². The van der Waals surface area contributed by atoms with E-state index in [2.05, 4.69) is 24.9 Å². The average Bonchev–Trinajstić information content (AvgIpc) is 3.48. The monoisotopic (exact) mass is 426 g/mol. The molecular weight excluding hydrogens is 408 g/mol. The highest BCUT2D eigenvalue weighted by atomic mass is 35.5. The Kier molecular flexibility index (Phi) is 6.62. The van der Waals surface area contributed by atoms with E-state index in [0.29, 0.717) is 5.15 Å². The van der Waals surface area contributed by atoms with Crippen LogP contribution in [0.25, 0.3) is 27.8 Å². The molecule has 0 bridgehead atoms. The molecule has 31 heavy (non-hydrogen) atoms. The van der Waals surface area contributed by atoms with E-state index in [1.807, 2.05) is 83.8 Å². The van der Waals surface area contributed by atoms with Gasteiger partial charge in [-0.1, -0.05) is 23.7 Å². The smallest absolute Gasteiger partial charge is 0.137 e. The fraction of sp³-hybridized carbons (Fsp3) is 0. The number of hydrogen-bond acceptors (Lipinski definition) is 4. The number of rotatable bonds is 1. The van der Waals surface area contributed by atoms with Gasteiger partial charge in [-0.05, 0) is 54.6 Å². The van der Waals surface area contributed by atoms with E-state index < -0.39 is 0 Å². The van der Waals surface area contributed by atoms with Gasteiger partial charge in [-0.15, -0.1) is 0 Å². The minimum Gasteiger partial charge on any atom is -0.361 e. The zero-order chi connectivity index (χ0) is 21.3. The molecule has 6 aromatic rings. The minimum atomic E-state index is 0.544. The Labute approximate surface area is 184 Å². The highest BCUT2D eigenvalue weighted by molar-refractivity contribution is 6.29. The van der Waals surface area contributed by atoms with Crippen LogP contribution in [0.3, 0.4) is 0 Å². The number of aromatic nitrogens is 6. The van der Waals surface area contributed by atoms with Crippen molar-refractivity contribution in [2.24, 2.45) is 0 Å². The lowest BCUT2D eigenvalue weighted by Crippen LogP contribution is -1.94. The van der Waals surface area contributed by atoms with Gasteiger partial charge < -0.3 is 4.98 Å². The molecule has 0 unspecified atom stereocenters. The first-order valence-electron chi connectivity index (χ1n) is 9.58. The number of fused-ring (bicyclic) bond motifs is 2. The number of pyridine rings is 4. The second-order valence-electron chi connectivity index (χ2n) is 6.37. The summed E-state index contributed by atoms with van der Waals surface area (Å²) in [7, 11) is 0. The largest absolute Gasteiger partial charge is 0.361 e. The molecule has 6 nitrogen and oxygen atoms in total. The molecular formula is C24H19ClN6. The molecule has 152 valence electrons. The van der Waals surface area contributed by atoms with Crippen molar-refractivity contribution in [3.8, 4) is 5.82 Å². The first kappa shape index (κ1) is 20.3. The SMILES string of the molecule is Clc1ccccn1.c1cc2[nH]ccc2cn1.c1ccc(-n2ccc3ncccc32)nc1. The molecule has 0 aromatic carbocycles. The van der Waals surface area contributed by atoms with Crippen molar-refractivity contribution in [3.05, 3.63) is 115 Å². The second kappa shape index (κ2) is 10.1. The van der Waals surface area contributed by atoms with Gasteiger partial charge in [0.15, 0.2) is 0 Å². The lowest BCUT2D eigenvalue weighted by molar-refractivity contribution is 1.04. The fourth-order valence-corrected chi connectivity index (χ4v) is 3.03. The molecule has 0 radical (unpaired) electrons. The van der Waals surface area contributed by atoms with Gasteiger partial charge >= 0.3 is 0 Å². The molecule has 0 fully saturated rings. The summed E-state index contributed by atoms with van der Waals surface area (Å²) in [5, 5.41) is 1.71. The van der Waals surface area contributed by atoms with Crippen LogP contribution in [-0.2, 0) is 0 Å². The van der Waals surface area contributed by atoms with Crippen LogP contribution in [0.2, 0.25) is 5.15 Å². The maximum Gasteiger partial charge on any atom is 0.137 e. The molecule has 1 N–H and O–H groups in total. The minimum absolute atomic E-state index is 0.544. The quantitative estimate of drug-likeness (QED) is 0.341. The van der Waals surface area contributed by atoms with Crippen molar-refractivity contribution in [2.45, 2.75) is 0 Å². The summed E-state index contributed by atoms with van der Waals surface area (Å²) in [4.78, 5) is 19.4. The van der Waals surface area contributed by atoms with Crippen molar-refractivity contribution in [3.63, 3.8) is 0 Å². The van der Waals surface area contributed by atoms with Crippen molar-refractivity contribution in [2.75, 3.05) is 0 Å². The predicted molar refractivity (Wildman–Crippen MR) is 124 cm³/mol. The fourth-order valence-electron chi connectivity index (χ4n) is 2.90. The number of nitrogens with one attached hydrogen (secondary N) is 1. The van der Waals surface area contributed by atoms with E-state index in [4.69, 9.17) is 11.6 Å². The van der Waals surface area contributed by atoms with E-state index in [1.54, 1.807) is 30.9 Å². The third-order valence-corrected chi connectivity index (χ3v) is 4.56. The summed E-state index contributed by atoms with van der Waals surface area (Å²) in [5.41, 5.74) is 3.21. The van der Waals surface area contributed by atoms with Gasteiger partial charge in [-0.3, -0.25) is 14.5 Å². The Morgan fingerprint density at radius 1 is 0.742 bits per heavy atom. The van der Waals surface area contributed by atoms with Gasteiger partial charge in [0.25, 0.3) is 0 Å². The van der Waals surface area contributed by atoms with Gasteiger partial charge in [0, 0.05) is 54.3 Å². The molecule has 6 aromatic heterocycles. The Bertz CT molecular complexity index is 1320. The standard InChI is InChI=1S/C12H9N3.C7H6N2.C5H4ClN/c1-2-7-14-12(5-1)15-9-6-10-11(15)4-3-8-13-10;1-4-9-7-2-3-8-5-6(1)7;6-5-3-1-2-4-7-5/h1-9H;1-5,9H;1-4H. The number of hydrogen-bond donors (Lipinski definition) is 1. The predicted octanol–water partition coefficient (Wildman–Crippen LogP) is 5.72. The topological polar surface area (TPSA) is 72.3 Å². The highest BCUT2D eigenvalue weighted by Crippen LogP contribution is 2.16. The Morgan fingerprint density at radius 2 is 1.58 bits per heavy atom. The van der Waals surface area contributed by atoms with Crippen molar-refractivity contribution in [1.82, 2.24) is 29.5 Å². The van der Waals surface area contributed by atoms with E-state index in [0.717, 1.165) is 27.8 Å². The number of H-pyrrole nitrogens is 1. The van der Waals surface area contributed by atoms with Crippen LogP contribution >= 0.6 is 11.6 Å². The van der Waals surface area contributed by atoms with Gasteiger partial charge in [-0.25, -0.2) is 9.97 Å². The van der Waals surface area contributed by atoms with Crippen LogP contribution in [0.5, 0.6) is 0 Å². The number of nitrogens with zero attached hydrogens (tertiary/aromatic N) is 5. The molecule has 6 rings (SSSR count). The second-order valence-corrected chi connectivity index (χ2v) is 6.76. The van der Waals surface area contributed by atoms with Crippen molar-refractivity contribution >= 4 is 33.5 Å². The summed E-state index contributed by atoms with van der Waals surface area (Å²) in [6, 6.07) is 21.2. The van der Waals surface area contributed by atoms with Gasteiger partial charge in [0.1, 0.15) is 11.0 Å². The zero-order valence-electron chi connectivity index (χ0n) is 16.5. The summed E-state index contributed by atoms with van der Waals surface area (Å²) in [5.74, 6) is 0.917. The molecule has 0 atom stereocenters. The highest BCUT2D eigenvalue weighted by Gasteiger charge is 2.02. The Morgan fingerprint density at radius 3 is 2.29 bits per heavy atom. The molecule has 0 aliphatic carbocycles. The summed E-state index contributed by atoms with van der Waals surface area (Å²) >= 11 is 5.43. The van der Waals surface area contributed by atoms with E-state index in [-0.39, 0.29) is 0 Å². The average molecular weight is 427 g/mol. The zero-order valence-corrected chi connectivity index (χ0v) is 17.3. The molecule has 0 spiro atoms. The van der Waals surface area contributed by atoms with E-state index in [1.165, 1.54) is 0 Å².